The number of rotatable bonds is 7. The van der Waals surface area contributed by atoms with Crippen LogP contribution in [0.3, 0.4) is 0 Å². The van der Waals surface area contributed by atoms with Crippen LogP contribution >= 0.6 is 22.7 Å². The molecule has 0 radical (unpaired) electrons. The molecule has 2 N–H and O–H groups in total. The molecule has 0 aliphatic carbocycles. The van der Waals surface area contributed by atoms with Gasteiger partial charge >= 0.3 is 0 Å². The number of carbonyl (C=O) groups is 1. The van der Waals surface area contributed by atoms with Crippen molar-refractivity contribution in [2.75, 3.05) is 6.61 Å². The number of aromatic nitrogens is 1. The third-order valence-corrected chi connectivity index (χ3v) is 4.62. The summed E-state index contributed by atoms with van der Waals surface area (Å²) in [5.41, 5.74) is 1.91. The van der Waals surface area contributed by atoms with Gasteiger partial charge in [-0.1, -0.05) is 6.92 Å². The van der Waals surface area contributed by atoms with Crippen molar-refractivity contribution in [2.45, 2.75) is 32.2 Å². The van der Waals surface area contributed by atoms with E-state index in [4.69, 9.17) is 5.11 Å². The highest BCUT2D eigenvalue weighted by atomic mass is 32.1. The Hall–Kier alpha value is -1.24. The SMILES string of the molecule is CCC(CCO)NC(=O)Cc1csc(-c2ccsc2)n1. The number of nitrogens with zero attached hydrogens (tertiary/aromatic N) is 1. The summed E-state index contributed by atoms with van der Waals surface area (Å²) in [4.78, 5) is 16.4. The van der Waals surface area contributed by atoms with Crippen molar-refractivity contribution in [1.29, 1.82) is 0 Å². The maximum Gasteiger partial charge on any atom is 0.226 e. The summed E-state index contributed by atoms with van der Waals surface area (Å²) in [5.74, 6) is -0.0348. The average molecular weight is 310 g/mol. The molecule has 0 fully saturated rings. The van der Waals surface area contributed by atoms with Gasteiger partial charge in [-0.15, -0.1) is 11.3 Å². The van der Waals surface area contributed by atoms with E-state index in [-0.39, 0.29) is 18.6 Å². The number of amides is 1. The van der Waals surface area contributed by atoms with Crippen LogP contribution in [-0.2, 0) is 11.2 Å². The molecule has 6 heteroatoms. The Labute approximate surface area is 126 Å². The Kier molecular flexibility index (Phi) is 5.70. The zero-order valence-electron chi connectivity index (χ0n) is 11.3. The van der Waals surface area contributed by atoms with E-state index < -0.39 is 0 Å². The van der Waals surface area contributed by atoms with E-state index in [2.05, 4.69) is 15.7 Å². The van der Waals surface area contributed by atoms with Crippen LogP contribution in [0, 0.1) is 0 Å². The Morgan fingerprint density at radius 2 is 2.35 bits per heavy atom. The summed E-state index contributed by atoms with van der Waals surface area (Å²) < 4.78 is 0. The first-order valence-corrected chi connectivity index (χ1v) is 8.42. The van der Waals surface area contributed by atoms with Crippen LogP contribution < -0.4 is 5.32 Å². The highest BCUT2D eigenvalue weighted by molar-refractivity contribution is 7.14. The molecule has 1 unspecified atom stereocenters. The maximum absolute atomic E-state index is 11.9. The number of hydrogen-bond donors (Lipinski definition) is 2. The summed E-state index contributed by atoms with van der Waals surface area (Å²) in [7, 11) is 0. The molecule has 2 heterocycles. The first-order valence-electron chi connectivity index (χ1n) is 6.60. The molecule has 0 aliphatic heterocycles. The standard InChI is InChI=1S/C14H18N2O2S2/c1-2-11(3-5-17)15-13(18)7-12-9-20-14(16-12)10-4-6-19-8-10/h4,6,8-9,11,17H,2-3,5,7H2,1H3,(H,15,18). The minimum Gasteiger partial charge on any atom is -0.396 e. The highest BCUT2D eigenvalue weighted by Crippen LogP contribution is 2.25. The van der Waals surface area contributed by atoms with E-state index >= 15 is 0 Å². The van der Waals surface area contributed by atoms with Gasteiger partial charge in [-0.25, -0.2) is 4.98 Å². The number of thiazole rings is 1. The van der Waals surface area contributed by atoms with Crippen molar-refractivity contribution in [2.24, 2.45) is 0 Å². The molecule has 0 bridgehead atoms. The number of carbonyl (C=O) groups excluding carboxylic acids is 1. The fraction of sp³-hybridized carbons (Fsp3) is 0.429. The van der Waals surface area contributed by atoms with E-state index in [1.54, 1.807) is 22.7 Å². The van der Waals surface area contributed by atoms with Gasteiger partial charge in [-0.3, -0.25) is 4.79 Å². The Bertz CT molecular complexity index is 537. The molecule has 0 spiro atoms. The molecule has 2 rings (SSSR count). The predicted molar refractivity (Wildman–Crippen MR) is 83.1 cm³/mol. The molecule has 0 saturated heterocycles. The second-order valence-corrected chi connectivity index (χ2v) is 6.16. The first kappa shape index (κ1) is 15.2. The zero-order chi connectivity index (χ0) is 14.4. The number of thiophene rings is 1. The van der Waals surface area contributed by atoms with Crippen LogP contribution in [0.4, 0.5) is 0 Å². The second-order valence-electron chi connectivity index (χ2n) is 4.52. The van der Waals surface area contributed by atoms with Crippen molar-refractivity contribution in [1.82, 2.24) is 10.3 Å². The third-order valence-electron chi connectivity index (χ3n) is 3.00. The first-order chi connectivity index (χ1) is 9.72. The largest absolute Gasteiger partial charge is 0.396 e. The summed E-state index contributed by atoms with van der Waals surface area (Å²) in [6.45, 7) is 2.09. The molecule has 1 atom stereocenters. The van der Waals surface area contributed by atoms with Crippen molar-refractivity contribution < 1.29 is 9.90 Å². The monoisotopic (exact) mass is 310 g/mol. The minimum absolute atomic E-state index is 0.0348. The van der Waals surface area contributed by atoms with Crippen molar-refractivity contribution in [3.05, 3.63) is 27.9 Å². The van der Waals surface area contributed by atoms with Crippen molar-refractivity contribution >= 4 is 28.6 Å². The number of aliphatic hydroxyl groups is 1. The molecule has 1 amide bonds. The molecule has 0 aromatic carbocycles. The molecular weight excluding hydrogens is 292 g/mol. The molecular formula is C14H18N2O2S2. The lowest BCUT2D eigenvalue weighted by Gasteiger charge is -2.15. The topological polar surface area (TPSA) is 62.2 Å². The van der Waals surface area contributed by atoms with E-state index in [0.29, 0.717) is 12.8 Å². The number of nitrogens with one attached hydrogen (secondary N) is 1. The fourth-order valence-electron chi connectivity index (χ4n) is 1.88. The second kappa shape index (κ2) is 7.52. The van der Waals surface area contributed by atoms with Crippen molar-refractivity contribution in [3.8, 4) is 10.6 Å². The quantitative estimate of drug-likeness (QED) is 0.826. The molecule has 2 aromatic rings. The molecule has 0 saturated carbocycles. The molecule has 108 valence electrons. The summed E-state index contributed by atoms with van der Waals surface area (Å²) in [6.07, 6.45) is 1.71. The van der Waals surface area contributed by atoms with Gasteiger partial charge in [0.2, 0.25) is 5.91 Å². The van der Waals surface area contributed by atoms with Crippen LogP contribution in [0.1, 0.15) is 25.5 Å². The summed E-state index contributed by atoms with van der Waals surface area (Å²) >= 11 is 3.20. The van der Waals surface area contributed by atoms with Crippen LogP contribution in [0.5, 0.6) is 0 Å². The molecule has 4 nitrogen and oxygen atoms in total. The molecule has 20 heavy (non-hydrogen) atoms. The van der Waals surface area contributed by atoms with Crippen molar-refractivity contribution in [3.63, 3.8) is 0 Å². The maximum atomic E-state index is 11.9. The van der Waals surface area contributed by atoms with Gasteiger partial charge in [0.25, 0.3) is 0 Å². The highest BCUT2D eigenvalue weighted by Gasteiger charge is 2.12. The molecule has 0 aliphatic rings. The lowest BCUT2D eigenvalue weighted by molar-refractivity contribution is -0.121. The van der Waals surface area contributed by atoms with E-state index in [1.165, 1.54) is 0 Å². The van der Waals surface area contributed by atoms with E-state index in [9.17, 15) is 4.79 Å². The van der Waals surface area contributed by atoms with Gasteiger partial charge in [0, 0.05) is 29.0 Å². The minimum atomic E-state index is -0.0348. The normalized spacial score (nSPS) is 12.3. The fourth-order valence-corrected chi connectivity index (χ4v) is 3.42. The van der Waals surface area contributed by atoms with Crippen LogP contribution in [0.2, 0.25) is 0 Å². The summed E-state index contributed by atoms with van der Waals surface area (Å²) in [6, 6.07) is 2.07. The number of hydrogen-bond acceptors (Lipinski definition) is 5. The third kappa shape index (κ3) is 4.13. The number of aliphatic hydroxyl groups excluding tert-OH is 1. The van der Waals surface area contributed by atoms with E-state index in [0.717, 1.165) is 22.7 Å². The van der Waals surface area contributed by atoms with E-state index in [1.807, 2.05) is 23.8 Å². The van der Waals surface area contributed by atoms with Crippen LogP contribution in [0.15, 0.2) is 22.2 Å². The van der Waals surface area contributed by atoms with Gasteiger partial charge in [-0.2, -0.15) is 11.3 Å². The van der Waals surface area contributed by atoms with Crippen LogP contribution in [-0.4, -0.2) is 28.6 Å². The smallest absolute Gasteiger partial charge is 0.226 e. The Morgan fingerprint density at radius 1 is 1.50 bits per heavy atom. The van der Waals surface area contributed by atoms with Crippen LogP contribution in [0.25, 0.3) is 10.6 Å². The van der Waals surface area contributed by atoms with Gasteiger partial charge in [0.05, 0.1) is 12.1 Å². The Balaban J connectivity index is 1.91. The molecule has 2 aromatic heterocycles. The predicted octanol–water partition coefficient (Wildman–Crippen LogP) is 2.69. The summed E-state index contributed by atoms with van der Waals surface area (Å²) in [5, 5.41) is 18.8. The van der Waals surface area contributed by atoms with Gasteiger partial charge in [0.1, 0.15) is 5.01 Å². The lowest BCUT2D eigenvalue weighted by atomic mass is 10.1. The van der Waals surface area contributed by atoms with Gasteiger partial charge in [0.15, 0.2) is 0 Å². The van der Waals surface area contributed by atoms with Gasteiger partial charge < -0.3 is 10.4 Å². The Morgan fingerprint density at radius 3 is 3.00 bits per heavy atom. The average Bonchev–Trinajstić information content (AvgIpc) is 3.08. The van der Waals surface area contributed by atoms with Gasteiger partial charge in [-0.05, 0) is 24.3 Å². The zero-order valence-corrected chi connectivity index (χ0v) is 13.0. The lowest BCUT2D eigenvalue weighted by Crippen LogP contribution is -2.36.